The van der Waals surface area contributed by atoms with Gasteiger partial charge in [0, 0.05) is 12.5 Å². The monoisotopic (exact) mass is 462 g/mol. The SMILES string of the molecule is O=C(O)CC1CCC(Oc2nc3c(F)c(-c4ccc(-c5ccccc5)cc4)c(F)cc3[nH]2)CC1. The number of halogens is 2. The third-order valence-corrected chi connectivity index (χ3v) is 6.46. The minimum atomic E-state index is -0.787. The molecule has 34 heavy (non-hydrogen) atoms. The summed E-state index contributed by atoms with van der Waals surface area (Å²) < 4.78 is 36.2. The van der Waals surface area contributed by atoms with E-state index in [9.17, 15) is 9.18 Å². The minimum absolute atomic E-state index is 0.0260. The number of aromatic nitrogens is 2. The maximum Gasteiger partial charge on any atom is 0.303 e. The van der Waals surface area contributed by atoms with E-state index >= 15 is 4.39 Å². The molecule has 0 atom stereocenters. The van der Waals surface area contributed by atoms with Crippen LogP contribution in [-0.4, -0.2) is 27.1 Å². The Morgan fingerprint density at radius 2 is 1.62 bits per heavy atom. The van der Waals surface area contributed by atoms with E-state index in [4.69, 9.17) is 9.84 Å². The van der Waals surface area contributed by atoms with E-state index in [0.29, 0.717) is 18.4 Å². The van der Waals surface area contributed by atoms with Crippen molar-refractivity contribution < 1.29 is 23.4 Å². The number of ether oxygens (including phenoxy) is 1. The molecule has 0 bridgehead atoms. The second kappa shape index (κ2) is 9.25. The predicted molar refractivity (Wildman–Crippen MR) is 126 cm³/mol. The molecule has 5 rings (SSSR count). The molecule has 1 saturated carbocycles. The molecule has 1 aromatic heterocycles. The lowest BCUT2D eigenvalue weighted by Gasteiger charge is -2.27. The summed E-state index contributed by atoms with van der Waals surface area (Å²) in [5.74, 6) is -2.05. The van der Waals surface area contributed by atoms with E-state index in [1.165, 1.54) is 6.07 Å². The first-order valence-electron chi connectivity index (χ1n) is 11.4. The molecule has 5 nitrogen and oxygen atoms in total. The van der Waals surface area contributed by atoms with Crippen LogP contribution in [0.5, 0.6) is 6.01 Å². The van der Waals surface area contributed by atoms with Crippen molar-refractivity contribution in [2.45, 2.75) is 38.2 Å². The topological polar surface area (TPSA) is 75.2 Å². The highest BCUT2D eigenvalue weighted by Gasteiger charge is 2.26. The van der Waals surface area contributed by atoms with E-state index < -0.39 is 17.6 Å². The van der Waals surface area contributed by atoms with Crippen molar-refractivity contribution in [1.29, 1.82) is 0 Å². The van der Waals surface area contributed by atoms with Gasteiger partial charge in [-0.2, -0.15) is 4.98 Å². The molecule has 7 heteroatoms. The predicted octanol–water partition coefficient (Wildman–Crippen LogP) is 6.59. The summed E-state index contributed by atoms with van der Waals surface area (Å²) in [4.78, 5) is 18.0. The smallest absolute Gasteiger partial charge is 0.303 e. The van der Waals surface area contributed by atoms with E-state index in [1.54, 1.807) is 12.1 Å². The summed E-state index contributed by atoms with van der Waals surface area (Å²) in [7, 11) is 0. The van der Waals surface area contributed by atoms with Crippen molar-refractivity contribution in [3.63, 3.8) is 0 Å². The summed E-state index contributed by atoms with van der Waals surface area (Å²) in [6.07, 6.45) is 2.93. The van der Waals surface area contributed by atoms with Gasteiger partial charge in [-0.25, -0.2) is 8.78 Å². The maximum atomic E-state index is 15.4. The molecule has 1 heterocycles. The van der Waals surface area contributed by atoms with Crippen LogP contribution in [0.3, 0.4) is 0 Å². The molecule has 2 N–H and O–H groups in total. The number of H-pyrrole nitrogens is 1. The van der Waals surface area contributed by atoms with Crippen LogP contribution in [0.1, 0.15) is 32.1 Å². The summed E-state index contributed by atoms with van der Waals surface area (Å²) in [5, 5.41) is 8.95. The van der Waals surface area contributed by atoms with Crippen LogP contribution in [-0.2, 0) is 4.79 Å². The number of imidazole rings is 1. The highest BCUT2D eigenvalue weighted by Crippen LogP contribution is 2.34. The van der Waals surface area contributed by atoms with Gasteiger partial charge in [-0.3, -0.25) is 4.79 Å². The van der Waals surface area contributed by atoms with Crippen molar-refractivity contribution >= 4 is 17.0 Å². The van der Waals surface area contributed by atoms with E-state index in [0.717, 1.165) is 24.0 Å². The van der Waals surface area contributed by atoms with Crippen LogP contribution in [0.2, 0.25) is 0 Å². The highest BCUT2D eigenvalue weighted by atomic mass is 19.1. The molecule has 0 unspecified atom stereocenters. The fourth-order valence-electron chi connectivity index (χ4n) is 4.70. The largest absolute Gasteiger partial charge is 0.481 e. The Balaban J connectivity index is 1.36. The highest BCUT2D eigenvalue weighted by molar-refractivity contribution is 5.84. The molecule has 1 aliphatic carbocycles. The third kappa shape index (κ3) is 4.51. The molecule has 3 aromatic carbocycles. The summed E-state index contributed by atoms with van der Waals surface area (Å²) in [6, 6.07) is 18.2. The summed E-state index contributed by atoms with van der Waals surface area (Å²) in [5.41, 5.74) is 2.54. The van der Waals surface area contributed by atoms with Gasteiger partial charge in [0.05, 0.1) is 11.1 Å². The van der Waals surface area contributed by atoms with Crippen LogP contribution in [0.4, 0.5) is 8.78 Å². The Kier molecular flexibility index (Phi) is 6.01. The summed E-state index contributed by atoms with van der Waals surface area (Å²) in [6.45, 7) is 0. The molecule has 174 valence electrons. The van der Waals surface area contributed by atoms with Crippen LogP contribution >= 0.6 is 0 Å². The zero-order valence-corrected chi connectivity index (χ0v) is 18.4. The van der Waals surface area contributed by atoms with Gasteiger partial charge < -0.3 is 14.8 Å². The van der Waals surface area contributed by atoms with Gasteiger partial charge in [-0.05, 0) is 48.3 Å². The Hall–Kier alpha value is -3.74. The Morgan fingerprint density at radius 3 is 2.29 bits per heavy atom. The molecular weight excluding hydrogens is 438 g/mol. The number of carboxylic acid groups (broad SMARTS) is 1. The second-order valence-corrected chi connectivity index (χ2v) is 8.79. The number of hydrogen-bond donors (Lipinski definition) is 2. The van der Waals surface area contributed by atoms with Crippen molar-refractivity contribution in [3.05, 3.63) is 72.3 Å². The number of aliphatic carboxylic acids is 1. The summed E-state index contributed by atoms with van der Waals surface area (Å²) >= 11 is 0. The van der Waals surface area contributed by atoms with Crippen LogP contribution in [0.25, 0.3) is 33.3 Å². The average Bonchev–Trinajstić information content (AvgIpc) is 3.23. The quantitative estimate of drug-likeness (QED) is 0.339. The normalized spacial score (nSPS) is 18.2. The number of nitrogens with zero attached hydrogens (tertiary/aromatic N) is 1. The van der Waals surface area contributed by atoms with Crippen LogP contribution < -0.4 is 4.74 Å². The lowest BCUT2D eigenvalue weighted by atomic mass is 9.85. The lowest BCUT2D eigenvalue weighted by molar-refractivity contribution is -0.138. The molecule has 4 aromatic rings. The van der Waals surface area contributed by atoms with Gasteiger partial charge in [0.2, 0.25) is 0 Å². The van der Waals surface area contributed by atoms with E-state index in [1.807, 2.05) is 42.5 Å². The molecule has 1 aliphatic rings. The van der Waals surface area contributed by atoms with Gasteiger partial charge in [0.1, 0.15) is 17.4 Å². The average molecular weight is 462 g/mol. The number of benzene rings is 3. The number of fused-ring (bicyclic) bond motifs is 1. The number of rotatable bonds is 6. The molecule has 0 aliphatic heterocycles. The van der Waals surface area contributed by atoms with E-state index in [2.05, 4.69) is 9.97 Å². The van der Waals surface area contributed by atoms with Crippen molar-refractivity contribution in [3.8, 4) is 28.3 Å². The first kappa shape index (κ1) is 22.1. The number of aromatic amines is 1. The number of carbonyl (C=O) groups is 1. The number of hydrogen-bond acceptors (Lipinski definition) is 3. The van der Waals surface area contributed by atoms with Gasteiger partial charge in [0.15, 0.2) is 5.82 Å². The standard InChI is InChI=1S/C27H24F2N2O3/c28-21-15-22-26(31-27(30-22)34-20-12-6-16(7-13-20)14-23(32)33)25(29)24(21)19-10-8-18(9-11-19)17-4-2-1-3-5-17/h1-5,8-11,15-16,20H,6-7,12-14H2,(H,30,31)(H,32,33). The molecule has 0 radical (unpaired) electrons. The zero-order chi connectivity index (χ0) is 23.7. The van der Waals surface area contributed by atoms with Gasteiger partial charge in [0.25, 0.3) is 6.01 Å². The van der Waals surface area contributed by atoms with Gasteiger partial charge in [-0.15, -0.1) is 0 Å². The second-order valence-electron chi connectivity index (χ2n) is 8.79. The van der Waals surface area contributed by atoms with E-state index in [-0.39, 0.29) is 41.1 Å². The van der Waals surface area contributed by atoms with Crippen LogP contribution in [0.15, 0.2) is 60.7 Å². The molecule has 0 spiro atoms. The van der Waals surface area contributed by atoms with Crippen molar-refractivity contribution in [1.82, 2.24) is 9.97 Å². The number of nitrogens with one attached hydrogen (secondary N) is 1. The van der Waals surface area contributed by atoms with Gasteiger partial charge >= 0.3 is 5.97 Å². The fourth-order valence-corrected chi connectivity index (χ4v) is 4.70. The Bertz CT molecular complexity index is 1310. The van der Waals surface area contributed by atoms with Crippen molar-refractivity contribution in [2.24, 2.45) is 5.92 Å². The first-order chi connectivity index (χ1) is 16.5. The zero-order valence-electron chi connectivity index (χ0n) is 18.4. The van der Waals surface area contributed by atoms with Gasteiger partial charge in [-0.1, -0.05) is 54.6 Å². The van der Waals surface area contributed by atoms with Crippen molar-refractivity contribution in [2.75, 3.05) is 0 Å². The minimum Gasteiger partial charge on any atom is -0.481 e. The molecule has 0 amide bonds. The lowest BCUT2D eigenvalue weighted by Crippen LogP contribution is -2.25. The fraction of sp³-hybridized carbons (Fsp3) is 0.259. The maximum absolute atomic E-state index is 15.4. The molecular formula is C27H24F2N2O3. The Labute approximate surface area is 195 Å². The molecule has 1 fully saturated rings. The molecule has 0 saturated heterocycles. The first-order valence-corrected chi connectivity index (χ1v) is 11.4. The Morgan fingerprint density at radius 1 is 0.971 bits per heavy atom. The number of carboxylic acids is 1. The van der Waals surface area contributed by atoms with Crippen LogP contribution in [0, 0.1) is 17.6 Å². The third-order valence-electron chi connectivity index (χ3n) is 6.46.